The molecule has 2 unspecified atom stereocenters. The fourth-order valence-electron chi connectivity index (χ4n) is 1.45. The maximum Gasteiger partial charge on any atom is 0.490 e. The summed E-state index contributed by atoms with van der Waals surface area (Å²) in [4.78, 5) is 38.8. The number of thioether (sulfide) groups is 1. The SMILES string of the molecule is CC(CCSCC[C@H](N)C(=O)O)CCC(N)C(=O)O.O=C(O)C(F)(F)F.O=C(O)C(F)(F)F. The minimum Gasteiger partial charge on any atom is -0.480 e. The number of rotatable bonds is 11. The first-order chi connectivity index (χ1) is 14.7. The summed E-state index contributed by atoms with van der Waals surface area (Å²) in [7, 11) is 0. The lowest BCUT2D eigenvalue weighted by molar-refractivity contribution is -0.193. The average Bonchev–Trinajstić information content (AvgIpc) is 2.64. The molecular formula is C16H26F6N2O8S. The van der Waals surface area contributed by atoms with Gasteiger partial charge in [-0.3, -0.25) is 9.59 Å². The van der Waals surface area contributed by atoms with E-state index in [-0.39, 0.29) is 0 Å². The van der Waals surface area contributed by atoms with Crippen LogP contribution in [0, 0.1) is 5.92 Å². The second-order valence-corrected chi connectivity index (χ2v) is 7.59. The summed E-state index contributed by atoms with van der Waals surface area (Å²) >= 11 is 1.68. The third-order valence-corrected chi connectivity index (χ3v) is 4.47. The molecule has 196 valence electrons. The molecule has 0 aliphatic carbocycles. The van der Waals surface area contributed by atoms with E-state index in [2.05, 4.69) is 6.92 Å². The lowest BCUT2D eigenvalue weighted by Gasteiger charge is -2.13. The third kappa shape index (κ3) is 24.2. The minimum atomic E-state index is -5.08. The van der Waals surface area contributed by atoms with Gasteiger partial charge in [-0.25, -0.2) is 9.59 Å². The number of alkyl halides is 6. The van der Waals surface area contributed by atoms with Crippen molar-refractivity contribution in [1.82, 2.24) is 0 Å². The minimum absolute atomic E-state index is 0.422. The molecule has 10 nitrogen and oxygen atoms in total. The predicted octanol–water partition coefficient (Wildman–Crippen LogP) is 2.01. The van der Waals surface area contributed by atoms with Crippen LogP contribution in [0.1, 0.15) is 32.6 Å². The Morgan fingerprint density at radius 1 is 0.697 bits per heavy atom. The number of carboxylic acids is 4. The van der Waals surface area contributed by atoms with E-state index in [1.165, 1.54) is 0 Å². The average molecular weight is 520 g/mol. The normalized spacial score (nSPS) is 13.8. The van der Waals surface area contributed by atoms with E-state index < -0.39 is 48.3 Å². The molecule has 0 rings (SSSR count). The monoisotopic (exact) mass is 520 g/mol. The highest BCUT2D eigenvalue weighted by atomic mass is 32.2. The van der Waals surface area contributed by atoms with E-state index in [9.17, 15) is 35.9 Å². The molecule has 0 aromatic carbocycles. The van der Waals surface area contributed by atoms with Gasteiger partial charge in [0.1, 0.15) is 12.1 Å². The van der Waals surface area contributed by atoms with Gasteiger partial charge in [-0.15, -0.1) is 0 Å². The zero-order valence-electron chi connectivity index (χ0n) is 17.2. The number of aliphatic carboxylic acids is 4. The van der Waals surface area contributed by atoms with Crippen molar-refractivity contribution in [3.63, 3.8) is 0 Å². The summed E-state index contributed by atoms with van der Waals surface area (Å²) in [5, 5.41) is 31.5. The van der Waals surface area contributed by atoms with Crippen LogP contribution in [0.4, 0.5) is 26.3 Å². The number of nitrogens with two attached hydrogens (primary N) is 2. The molecule has 0 aliphatic heterocycles. The van der Waals surface area contributed by atoms with Crippen molar-refractivity contribution in [1.29, 1.82) is 0 Å². The largest absolute Gasteiger partial charge is 0.490 e. The van der Waals surface area contributed by atoms with Gasteiger partial charge >= 0.3 is 36.2 Å². The first-order valence-corrected chi connectivity index (χ1v) is 10.0. The summed E-state index contributed by atoms with van der Waals surface area (Å²) in [5.41, 5.74) is 10.8. The van der Waals surface area contributed by atoms with Gasteiger partial charge in [0.05, 0.1) is 0 Å². The van der Waals surface area contributed by atoms with Crippen LogP contribution in [-0.2, 0) is 19.2 Å². The zero-order valence-corrected chi connectivity index (χ0v) is 18.0. The first kappa shape index (κ1) is 35.3. The summed E-state index contributed by atoms with van der Waals surface area (Å²) in [6.45, 7) is 2.07. The molecule has 0 fully saturated rings. The van der Waals surface area contributed by atoms with Gasteiger partial charge in [0.15, 0.2) is 0 Å². The topological polar surface area (TPSA) is 201 Å². The summed E-state index contributed by atoms with van der Waals surface area (Å²) in [5.74, 6) is -5.35. The second kappa shape index (κ2) is 17.2. The van der Waals surface area contributed by atoms with Gasteiger partial charge in [-0.05, 0) is 43.1 Å². The van der Waals surface area contributed by atoms with Gasteiger partial charge in [-0.1, -0.05) is 6.92 Å². The highest BCUT2D eigenvalue weighted by Crippen LogP contribution is 2.16. The summed E-state index contributed by atoms with van der Waals surface area (Å²) < 4.78 is 63.5. The van der Waals surface area contributed by atoms with E-state index in [4.69, 9.17) is 41.5 Å². The quantitative estimate of drug-likeness (QED) is 0.172. The fourth-order valence-corrected chi connectivity index (χ4v) is 2.65. The molecule has 0 aromatic heterocycles. The molecule has 0 amide bonds. The van der Waals surface area contributed by atoms with Crippen molar-refractivity contribution in [3.05, 3.63) is 0 Å². The van der Waals surface area contributed by atoms with Crippen molar-refractivity contribution in [2.45, 2.75) is 57.0 Å². The van der Waals surface area contributed by atoms with Crippen LogP contribution in [0.25, 0.3) is 0 Å². The Morgan fingerprint density at radius 3 is 1.30 bits per heavy atom. The van der Waals surface area contributed by atoms with Crippen molar-refractivity contribution in [3.8, 4) is 0 Å². The summed E-state index contributed by atoms with van der Waals surface area (Å²) in [6.07, 6.45) is -7.44. The van der Waals surface area contributed by atoms with E-state index in [1.54, 1.807) is 11.8 Å². The van der Waals surface area contributed by atoms with Crippen LogP contribution in [-0.4, -0.2) is 80.2 Å². The van der Waals surface area contributed by atoms with Crippen LogP contribution >= 0.6 is 11.8 Å². The van der Waals surface area contributed by atoms with Gasteiger partial charge < -0.3 is 31.9 Å². The maximum absolute atomic E-state index is 10.6. The Morgan fingerprint density at radius 2 is 1.00 bits per heavy atom. The summed E-state index contributed by atoms with van der Waals surface area (Å²) in [6, 6.07) is -1.55. The Labute approximate surface area is 188 Å². The Bertz CT molecular complexity index is 595. The number of hydrogen-bond acceptors (Lipinski definition) is 7. The van der Waals surface area contributed by atoms with Gasteiger partial charge in [-0.2, -0.15) is 38.1 Å². The molecule has 0 heterocycles. The second-order valence-electron chi connectivity index (χ2n) is 6.37. The molecule has 0 saturated carbocycles. The zero-order chi connectivity index (χ0) is 27.0. The number of hydrogen-bond donors (Lipinski definition) is 6. The maximum atomic E-state index is 10.6. The van der Waals surface area contributed by atoms with Crippen LogP contribution in [0.2, 0.25) is 0 Å². The third-order valence-electron chi connectivity index (χ3n) is 3.42. The molecule has 17 heteroatoms. The highest BCUT2D eigenvalue weighted by molar-refractivity contribution is 7.99. The molecule has 33 heavy (non-hydrogen) atoms. The number of halogens is 6. The van der Waals surface area contributed by atoms with E-state index >= 15 is 0 Å². The molecule has 3 atom stereocenters. The molecule has 8 N–H and O–H groups in total. The molecule has 0 aromatic rings. The van der Waals surface area contributed by atoms with Crippen LogP contribution in [0.5, 0.6) is 0 Å². The molecule has 0 radical (unpaired) electrons. The standard InChI is InChI=1S/C12H24N2O4S.2C2HF3O2/c1-8(2-3-9(13)11(15)16)4-6-19-7-5-10(14)12(17)18;2*3-2(4,5)1(6)7/h8-10H,2-7,13-14H2,1H3,(H,15,16)(H,17,18);2*(H,6,7)/t8?,9?,10-;;/m0../s1. The van der Waals surface area contributed by atoms with Crippen LogP contribution < -0.4 is 11.5 Å². The Balaban J connectivity index is -0.000000524. The van der Waals surface area contributed by atoms with Crippen molar-refractivity contribution in [2.75, 3.05) is 11.5 Å². The van der Waals surface area contributed by atoms with E-state index in [1.807, 2.05) is 0 Å². The molecule has 0 bridgehead atoms. The highest BCUT2D eigenvalue weighted by Gasteiger charge is 2.38. The van der Waals surface area contributed by atoms with Crippen molar-refractivity contribution < 1.29 is 65.9 Å². The smallest absolute Gasteiger partial charge is 0.480 e. The van der Waals surface area contributed by atoms with Gasteiger partial charge in [0.2, 0.25) is 0 Å². The lowest BCUT2D eigenvalue weighted by Crippen LogP contribution is -2.30. The Hall–Kier alpha value is -2.27. The lowest BCUT2D eigenvalue weighted by atomic mass is 10.00. The molecule has 0 saturated heterocycles. The molecular weight excluding hydrogens is 494 g/mol. The number of carbonyl (C=O) groups is 4. The van der Waals surface area contributed by atoms with Crippen LogP contribution in [0.15, 0.2) is 0 Å². The van der Waals surface area contributed by atoms with Crippen LogP contribution in [0.3, 0.4) is 0 Å². The molecule has 0 aliphatic rings. The van der Waals surface area contributed by atoms with Gasteiger partial charge in [0.25, 0.3) is 0 Å². The van der Waals surface area contributed by atoms with Crippen molar-refractivity contribution >= 4 is 35.6 Å². The fraction of sp³-hybridized carbons (Fsp3) is 0.750. The van der Waals surface area contributed by atoms with Gasteiger partial charge in [0, 0.05) is 0 Å². The first-order valence-electron chi connectivity index (χ1n) is 8.88. The molecule has 0 spiro atoms. The predicted molar refractivity (Wildman–Crippen MR) is 104 cm³/mol. The van der Waals surface area contributed by atoms with Crippen molar-refractivity contribution in [2.24, 2.45) is 17.4 Å². The Kier molecular flexibility index (Phi) is 18.5. The van der Waals surface area contributed by atoms with E-state index in [0.29, 0.717) is 18.8 Å². The number of carboxylic acid groups (broad SMARTS) is 4. The van der Waals surface area contributed by atoms with E-state index in [0.717, 1.165) is 24.3 Å².